The number of fused-ring (bicyclic) bond motifs is 2. The van der Waals surface area contributed by atoms with E-state index in [0.717, 1.165) is 68.2 Å². The number of morpholine rings is 1. The second-order valence-corrected chi connectivity index (χ2v) is 9.66. The molecule has 2 aliphatic rings. The average molecular weight is 414 g/mol. The van der Waals surface area contributed by atoms with Crippen LogP contribution in [-0.4, -0.2) is 61.0 Å². The van der Waals surface area contributed by atoms with Crippen molar-refractivity contribution in [2.24, 2.45) is 10.9 Å². The first-order valence-corrected chi connectivity index (χ1v) is 11.6. The Labute approximate surface area is 178 Å². The molecule has 0 spiro atoms. The number of rotatable bonds is 5. The maximum absolute atomic E-state index is 5.52. The number of aliphatic imine (C=N–C) groups is 1. The molecule has 156 valence electrons. The minimum atomic E-state index is 0.561. The standard InChI is InChI=1S/C23H32N4OS/c1-16(2)14-24-23-27(8-7-26-9-11-28-12-10-26)15-19-13-20-17(3)5-6-18(4)21(20)25-22(19)29-23/h5-6,13,16H,7-12,14-15H2,1-4H3/p+1. The van der Waals surface area contributed by atoms with Gasteiger partial charge in [-0.15, -0.1) is 0 Å². The smallest absolute Gasteiger partial charge is 0.166 e. The van der Waals surface area contributed by atoms with Crippen molar-refractivity contribution in [2.45, 2.75) is 39.3 Å². The van der Waals surface area contributed by atoms with Crippen molar-refractivity contribution in [3.8, 4) is 0 Å². The molecule has 1 aromatic carbocycles. The third-order valence-corrected chi connectivity index (χ3v) is 6.91. The predicted octanol–water partition coefficient (Wildman–Crippen LogP) is 2.69. The number of pyridine rings is 1. The Morgan fingerprint density at radius 2 is 1.97 bits per heavy atom. The molecule has 1 N–H and O–H groups in total. The van der Waals surface area contributed by atoms with Crippen LogP contribution in [0.3, 0.4) is 0 Å². The fraction of sp³-hybridized carbons (Fsp3) is 0.565. The van der Waals surface area contributed by atoms with Crippen molar-refractivity contribution in [3.63, 3.8) is 0 Å². The van der Waals surface area contributed by atoms with Gasteiger partial charge in [0.2, 0.25) is 0 Å². The Morgan fingerprint density at radius 1 is 1.21 bits per heavy atom. The molecule has 29 heavy (non-hydrogen) atoms. The number of hydrogen-bond acceptors (Lipinski definition) is 4. The molecule has 0 unspecified atom stereocenters. The Morgan fingerprint density at radius 3 is 2.72 bits per heavy atom. The van der Waals surface area contributed by atoms with Crippen LogP contribution in [0.2, 0.25) is 0 Å². The number of hydrogen-bond donors (Lipinski definition) is 1. The van der Waals surface area contributed by atoms with Gasteiger partial charge in [0, 0.05) is 24.0 Å². The lowest BCUT2D eigenvalue weighted by atomic mass is 10.0. The van der Waals surface area contributed by atoms with Gasteiger partial charge in [-0.3, -0.25) is 4.99 Å². The van der Waals surface area contributed by atoms with Crippen LogP contribution in [0, 0.1) is 19.8 Å². The van der Waals surface area contributed by atoms with Crippen LogP contribution in [0.25, 0.3) is 10.9 Å². The zero-order chi connectivity index (χ0) is 20.4. The maximum atomic E-state index is 5.52. The second kappa shape index (κ2) is 9.02. The zero-order valence-electron chi connectivity index (χ0n) is 18.1. The molecule has 1 aromatic heterocycles. The van der Waals surface area contributed by atoms with Gasteiger partial charge in [-0.25, -0.2) is 4.98 Å². The Bertz CT molecular complexity index is 905. The third kappa shape index (κ3) is 4.76. The minimum Gasteiger partial charge on any atom is -0.370 e. The van der Waals surface area contributed by atoms with Gasteiger partial charge in [0.15, 0.2) is 5.17 Å². The zero-order valence-corrected chi connectivity index (χ0v) is 18.9. The first kappa shape index (κ1) is 20.6. The van der Waals surface area contributed by atoms with E-state index < -0.39 is 0 Å². The highest BCUT2D eigenvalue weighted by molar-refractivity contribution is 8.13. The molecule has 4 rings (SSSR count). The van der Waals surface area contributed by atoms with E-state index in [9.17, 15) is 0 Å². The van der Waals surface area contributed by atoms with Crippen LogP contribution < -0.4 is 4.90 Å². The van der Waals surface area contributed by atoms with E-state index in [2.05, 4.69) is 50.8 Å². The van der Waals surface area contributed by atoms with Gasteiger partial charge < -0.3 is 14.5 Å². The molecular formula is C23H33N4OS+. The molecule has 6 heteroatoms. The molecule has 2 aromatic rings. The SMILES string of the molecule is Cc1ccc(C)c2nc3c(cc12)CN(CC[NH+]1CCOCC1)C(=NCC(C)C)S3. The van der Waals surface area contributed by atoms with E-state index in [4.69, 9.17) is 14.7 Å². The van der Waals surface area contributed by atoms with Gasteiger partial charge in [-0.05, 0) is 48.7 Å². The highest BCUT2D eigenvalue weighted by Gasteiger charge is 2.26. The van der Waals surface area contributed by atoms with Gasteiger partial charge in [-0.1, -0.05) is 26.0 Å². The lowest BCUT2D eigenvalue weighted by Gasteiger charge is -2.33. The van der Waals surface area contributed by atoms with E-state index in [0.29, 0.717) is 5.92 Å². The fourth-order valence-corrected chi connectivity index (χ4v) is 4.94. The number of aromatic nitrogens is 1. The highest BCUT2D eigenvalue weighted by Crippen LogP contribution is 2.34. The number of thioether (sulfide) groups is 1. The summed E-state index contributed by atoms with van der Waals surface area (Å²) < 4.78 is 5.52. The molecule has 3 heterocycles. The number of aryl methyl sites for hydroxylation is 2. The Hall–Kier alpha value is -1.63. The highest BCUT2D eigenvalue weighted by atomic mass is 32.2. The van der Waals surface area contributed by atoms with Crippen molar-refractivity contribution < 1.29 is 9.64 Å². The van der Waals surface area contributed by atoms with Gasteiger partial charge in [0.25, 0.3) is 0 Å². The summed E-state index contributed by atoms with van der Waals surface area (Å²) in [5, 5.41) is 3.55. The third-order valence-electron chi connectivity index (χ3n) is 5.79. The topological polar surface area (TPSA) is 42.2 Å². The summed E-state index contributed by atoms with van der Waals surface area (Å²) >= 11 is 1.75. The molecule has 0 bridgehead atoms. The fourth-order valence-electron chi connectivity index (χ4n) is 3.95. The maximum Gasteiger partial charge on any atom is 0.166 e. The van der Waals surface area contributed by atoms with Gasteiger partial charge >= 0.3 is 0 Å². The number of nitrogens with zero attached hydrogens (tertiary/aromatic N) is 3. The average Bonchev–Trinajstić information content (AvgIpc) is 2.73. The largest absolute Gasteiger partial charge is 0.370 e. The van der Waals surface area contributed by atoms with E-state index in [1.165, 1.54) is 22.1 Å². The van der Waals surface area contributed by atoms with Crippen molar-refractivity contribution >= 4 is 27.8 Å². The number of nitrogens with one attached hydrogen (secondary N) is 1. The molecule has 0 aliphatic carbocycles. The second-order valence-electron chi connectivity index (χ2n) is 8.70. The van der Waals surface area contributed by atoms with E-state index >= 15 is 0 Å². The minimum absolute atomic E-state index is 0.561. The number of amidine groups is 1. The normalized spacial score (nSPS) is 19.3. The quantitative estimate of drug-likeness (QED) is 0.818. The molecule has 0 radical (unpaired) electrons. The summed E-state index contributed by atoms with van der Waals surface area (Å²) in [6, 6.07) is 6.74. The van der Waals surface area contributed by atoms with Crippen LogP contribution in [0.15, 0.2) is 28.2 Å². The lowest BCUT2D eigenvalue weighted by Crippen LogP contribution is -3.14. The van der Waals surface area contributed by atoms with Crippen LogP contribution in [-0.2, 0) is 11.3 Å². The number of ether oxygens (including phenoxy) is 1. The van der Waals surface area contributed by atoms with Gasteiger partial charge in [0.05, 0.1) is 31.8 Å². The summed E-state index contributed by atoms with van der Waals surface area (Å²) in [5.41, 5.74) is 5.00. The molecule has 2 aliphatic heterocycles. The monoisotopic (exact) mass is 413 g/mol. The van der Waals surface area contributed by atoms with Crippen molar-refractivity contribution in [3.05, 3.63) is 34.9 Å². The first-order valence-electron chi connectivity index (χ1n) is 10.8. The van der Waals surface area contributed by atoms with Crippen LogP contribution in [0.5, 0.6) is 0 Å². The van der Waals surface area contributed by atoms with Gasteiger partial charge in [-0.2, -0.15) is 0 Å². The van der Waals surface area contributed by atoms with E-state index in [1.807, 2.05) is 0 Å². The molecule has 0 amide bonds. The van der Waals surface area contributed by atoms with Gasteiger partial charge in [0.1, 0.15) is 18.1 Å². The van der Waals surface area contributed by atoms with Crippen LogP contribution in [0.1, 0.15) is 30.5 Å². The predicted molar refractivity (Wildman–Crippen MR) is 121 cm³/mol. The van der Waals surface area contributed by atoms with Crippen LogP contribution in [0.4, 0.5) is 0 Å². The molecule has 0 saturated carbocycles. The summed E-state index contributed by atoms with van der Waals surface area (Å²) in [7, 11) is 0. The summed E-state index contributed by atoms with van der Waals surface area (Å²) in [4.78, 5) is 14.2. The number of quaternary nitrogens is 1. The first-order chi connectivity index (χ1) is 14.0. The summed E-state index contributed by atoms with van der Waals surface area (Å²) in [6.45, 7) is 16.7. The lowest BCUT2D eigenvalue weighted by molar-refractivity contribution is -0.907. The Balaban J connectivity index is 1.61. The molecule has 1 fully saturated rings. The molecule has 5 nitrogen and oxygen atoms in total. The van der Waals surface area contributed by atoms with E-state index in [1.54, 1.807) is 16.7 Å². The van der Waals surface area contributed by atoms with Crippen LogP contribution >= 0.6 is 11.8 Å². The summed E-state index contributed by atoms with van der Waals surface area (Å²) in [5.74, 6) is 0.561. The Kier molecular flexibility index (Phi) is 6.42. The van der Waals surface area contributed by atoms with Crippen molar-refractivity contribution in [2.75, 3.05) is 45.9 Å². The summed E-state index contributed by atoms with van der Waals surface area (Å²) in [6.07, 6.45) is 0. The molecular weight excluding hydrogens is 380 g/mol. The molecule has 0 atom stereocenters. The number of benzene rings is 1. The van der Waals surface area contributed by atoms with Crippen molar-refractivity contribution in [1.29, 1.82) is 0 Å². The van der Waals surface area contributed by atoms with E-state index in [-0.39, 0.29) is 0 Å². The van der Waals surface area contributed by atoms with Crippen molar-refractivity contribution in [1.82, 2.24) is 9.88 Å². The molecule has 1 saturated heterocycles.